The Bertz CT molecular complexity index is 1060. The Balaban J connectivity index is 1.02. The van der Waals surface area contributed by atoms with Crippen LogP contribution in [-0.2, 0) is 23.7 Å². The molecule has 3 heterocycles. The van der Waals surface area contributed by atoms with Crippen molar-refractivity contribution in [1.82, 2.24) is 0 Å². The topological polar surface area (TPSA) is 135 Å². The van der Waals surface area contributed by atoms with Crippen LogP contribution in [0.3, 0.4) is 0 Å². The number of ether oxygens (including phenoxy) is 4. The van der Waals surface area contributed by atoms with Gasteiger partial charge in [0.25, 0.3) is 0 Å². The van der Waals surface area contributed by atoms with Crippen molar-refractivity contribution >= 4 is 5.78 Å². The second kappa shape index (κ2) is 11.0. The molecule has 3 saturated heterocycles. The first-order valence-electron chi connectivity index (χ1n) is 17.2. The zero-order valence-corrected chi connectivity index (χ0v) is 26.4. The molecule has 1 spiro atoms. The van der Waals surface area contributed by atoms with Crippen molar-refractivity contribution in [2.75, 3.05) is 19.8 Å². The van der Waals surface area contributed by atoms with Gasteiger partial charge in [-0.2, -0.15) is 0 Å². The maximum absolute atomic E-state index is 14.3. The van der Waals surface area contributed by atoms with Crippen LogP contribution in [0.5, 0.6) is 0 Å². The molecule has 0 aromatic carbocycles. The largest absolute Gasteiger partial charge is 0.394 e. The summed E-state index contributed by atoms with van der Waals surface area (Å²) in [6, 6.07) is 0. The van der Waals surface area contributed by atoms with Crippen molar-refractivity contribution in [3.05, 3.63) is 0 Å². The van der Waals surface area contributed by atoms with E-state index in [1.165, 1.54) is 0 Å². The number of aliphatic hydroxyl groups excluding tert-OH is 4. The molecule has 9 nitrogen and oxygen atoms in total. The summed E-state index contributed by atoms with van der Waals surface area (Å²) < 4.78 is 25.2. The van der Waals surface area contributed by atoms with Gasteiger partial charge in [0.15, 0.2) is 5.79 Å². The van der Waals surface area contributed by atoms with Crippen LogP contribution in [-0.4, -0.2) is 94.5 Å². The van der Waals surface area contributed by atoms with Crippen LogP contribution in [0.15, 0.2) is 0 Å². The molecule has 9 heteroatoms. The van der Waals surface area contributed by atoms with Gasteiger partial charge in [0.1, 0.15) is 36.3 Å². The maximum Gasteiger partial charge on any atom is 0.171 e. The van der Waals surface area contributed by atoms with Crippen molar-refractivity contribution in [3.63, 3.8) is 0 Å². The van der Waals surface area contributed by atoms with Gasteiger partial charge in [0.2, 0.25) is 0 Å². The number of carbonyl (C=O) groups excluding carboxylic acids is 1. The number of ketones is 1. The maximum atomic E-state index is 14.3. The predicted octanol–water partition coefficient (Wildman–Crippen LogP) is 2.84. The molecule has 4 N–H and O–H groups in total. The highest BCUT2D eigenvalue weighted by molar-refractivity contribution is 5.87. The molecule has 17 atom stereocenters. The zero-order valence-electron chi connectivity index (χ0n) is 26.4. The zero-order chi connectivity index (χ0) is 30.5. The minimum Gasteiger partial charge on any atom is -0.394 e. The predicted molar refractivity (Wildman–Crippen MR) is 156 cm³/mol. The number of fused-ring (bicyclic) bond motifs is 7. The van der Waals surface area contributed by atoms with Crippen LogP contribution in [0.4, 0.5) is 0 Å². The summed E-state index contributed by atoms with van der Waals surface area (Å²) in [7, 11) is 0. The minimum absolute atomic E-state index is 0.0149. The van der Waals surface area contributed by atoms with Crippen LogP contribution in [0.2, 0.25) is 0 Å². The van der Waals surface area contributed by atoms with Crippen molar-refractivity contribution in [2.24, 2.45) is 52.3 Å². The Morgan fingerprint density at radius 2 is 1.70 bits per heavy atom. The number of rotatable bonds is 4. The van der Waals surface area contributed by atoms with Crippen LogP contribution in [0.1, 0.15) is 85.5 Å². The van der Waals surface area contributed by atoms with Gasteiger partial charge in [0.05, 0.1) is 32.0 Å². The van der Waals surface area contributed by atoms with Gasteiger partial charge < -0.3 is 39.4 Å². The molecule has 0 aromatic heterocycles. The van der Waals surface area contributed by atoms with Gasteiger partial charge in [-0.15, -0.1) is 0 Å². The lowest BCUT2D eigenvalue weighted by Crippen LogP contribution is -2.60. The highest BCUT2D eigenvalue weighted by Crippen LogP contribution is 2.70. The van der Waals surface area contributed by atoms with Crippen molar-refractivity contribution in [3.8, 4) is 0 Å². The highest BCUT2D eigenvalue weighted by atomic mass is 16.7. The average molecular weight is 607 g/mol. The molecule has 0 amide bonds. The van der Waals surface area contributed by atoms with E-state index in [9.17, 15) is 25.2 Å². The molecule has 0 radical (unpaired) electrons. The molecule has 43 heavy (non-hydrogen) atoms. The molecular formula is C34H54O9. The normalized spacial score (nSPS) is 58.1. The Kier molecular flexibility index (Phi) is 7.90. The fourth-order valence-corrected chi connectivity index (χ4v) is 11.6. The molecular weight excluding hydrogens is 552 g/mol. The first-order chi connectivity index (χ1) is 20.4. The lowest BCUT2D eigenvalue weighted by molar-refractivity contribution is -0.272. The molecule has 244 valence electrons. The number of hydrogen-bond acceptors (Lipinski definition) is 9. The number of carbonyl (C=O) groups is 1. The van der Waals surface area contributed by atoms with E-state index in [2.05, 4.69) is 27.7 Å². The Morgan fingerprint density at radius 1 is 0.930 bits per heavy atom. The third kappa shape index (κ3) is 4.57. The van der Waals surface area contributed by atoms with Crippen molar-refractivity contribution < 1.29 is 44.2 Å². The van der Waals surface area contributed by atoms with Gasteiger partial charge in [-0.25, -0.2) is 0 Å². The molecule has 7 rings (SSSR count). The fraction of sp³-hybridized carbons (Fsp3) is 0.971. The molecule has 4 aliphatic carbocycles. The summed E-state index contributed by atoms with van der Waals surface area (Å²) in [6.07, 6.45) is 3.16. The van der Waals surface area contributed by atoms with Gasteiger partial charge in [-0.05, 0) is 80.0 Å². The molecule has 0 aromatic rings. The number of hydrogen-bond donors (Lipinski definition) is 4. The van der Waals surface area contributed by atoms with E-state index in [-0.39, 0.29) is 41.5 Å². The first-order valence-corrected chi connectivity index (χ1v) is 17.2. The van der Waals surface area contributed by atoms with E-state index in [0.29, 0.717) is 41.8 Å². The average Bonchev–Trinajstić information content (AvgIpc) is 3.44. The molecule has 7 aliphatic rings. The first kappa shape index (κ1) is 31.0. The number of aliphatic hydroxyl groups is 4. The van der Waals surface area contributed by atoms with E-state index >= 15 is 0 Å². The molecule has 0 unspecified atom stereocenters. The monoisotopic (exact) mass is 606 g/mol. The van der Waals surface area contributed by atoms with E-state index in [1.54, 1.807) is 0 Å². The summed E-state index contributed by atoms with van der Waals surface area (Å²) in [5.74, 6) is 2.73. The van der Waals surface area contributed by atoms with Gasteiger partial charge >= 0.3 is 0 Å². The Labute approximate surface area is 256 Å². The van der Waals surface area contributed by atoms with Crippen LogP contribution < -0.4 is 0 Å². The van der Waals surface area contributed by atoms with E-state index < -0.39 is 42.9 Å². The molecule has 4 saturated carbocycles. The van der Waals surface area contributed by atoms with Crippen LogP contribution in [0.25, 0.3) is 0 Å². The SMILES string of the molecule is C[C@@H]1CC[C@]2(OC1)O[C@@H]1C[C@@H]3[C@H]4CC[C@H]5C[C@@H](OC[C@H]6O[C@@H](CO)[C@@H](O)[C@@H](O)[C@@H]6O)CC[C@@]5(C)[C@@H]4CC(=O)[C@@]3(C)[C@@H]1[C@@H]2C. The molecule has 3 aliphatic heterocycles. The quantitative estimate of drug-likeness (QED) is 0.381. The second-order valence-corrected chi connectivity index (χ2v) is 16.1. The Hall–Kier alpha value is -0.650. The lowest BCUT2D eigenvalue weighted by Gasteiger charge is -2.60. The lowest BCUT2D eigenvalue weighted by atomic mass is 9.44. The molecule has 0 bridgehead atoms. The Morgan fingerprint density at radius 3 is 2.42 bits per heavy atom. The second-order valence-electron chi connectivity index (χ2n) is 16.1. The van der Waals surface area contributed by atoms with Gasteiger partial charge in [-0.3, -0.25) is 4.79 Å². The summed E-state index contributed by atoms with van der Waals surface area (Å²) in [5.41, 5.74) is -0.243. The highest BCUT2D eigenvalue weighted by Gasteiger charge is 2.71. The summed E-state index contributed by atoms with van der Waals surface area (Å²) in [4.78, 5) is 14.3. The summed E-state index contributed by atoms with van der Waals surface area (Å²) in [6.45, 7) is 9.65. The van der Waals surface area contributed by atoms with E-state index in [1.807, 2.05) is 0 Å². The van der Waals surface area contributed by atoms with Crippen LogP contribution in [0, 0.1) is 52.3 Å². The van der Waals surface area contributed by atoms with Gasteiger partial charge in [0, 0.05) is 30.1 Å². The summed E-state index contributed by atoms with van der Waals surface area (Å²) >= 11 is 0. The van der Waals surface area contributed by atoms with Crippen LogP contribution >= 0.6 is 0 Å². The van der Waals surface area contributed by atoms with Gasteiger partial charge in [-0.1, -0.05) is 27.7 Å². The number of Topliss-reactive ketones (excluding diaryl/α,β-unsaturated/α-hetero) is 1. The van der Waals surface area contributed by atoms with E-state index in [4.69, 9.17) is 18.9 Å². The van der Waals surface area contributed by atoms with Crippen molar-refractivity contribution in [1.29, 1.82) is 0 Å². The smallest absolute Gasteiger partial charge is 0.171 e. The third-order valence-corrected chi connectivity index (χ3v) is 14.2. The van der Waals surface area contributed by atoms with Crippen molar-refractivity contribution in [2.45, 2.75) is 134 Å². The third-order valence-electron chi connectivity index (χ3n) is 14.2. The van der Waals surface area contributed by atoms with E-state index in [0.717, 1.165) is 58.0 Å². The fourth-order valence-electron chi connectivity index (χ4n) is 11.6. The molecule has 7 fully saturated rings. The summed E-state index contributed by atoms with van der Waals surface area (Å²) in [5, 5.41) is 40.2. The standard InChI is InChI=1S/C34H54O9/c1-17-7-10-34(41-15-17)18(2)28-24(43-34)12-23-21-6-5-19-11-20(8-9-32(19,3)22(21)13-27(36)33(23,28)4)40-16-26-30(38)31(39)29(37)25(14-35)42-26/h17-26,28-31,35,37-39H,5-16H2,1-4H3/t17-,18+,19+,20+,21+,22-,23-,24-,25+,26-,28-,29-,30-,31-,32-,33+,34+/m1/s1. The minimum atomic E-state index is -1.38.